The first-order valence-electron chi connectivity index (χ1n) is 10.00. The number of halogens is 2. The van der Waals surface area contributed by atoms with E-state index in [2.05, 4.69) is 30.0 Å². The number of hydrogen-bond acceptors (Lipinski definition) is 9. The molecule has 0 bridgehead atoms. The second kappa shape index (κ2) is 7.82. The van der Waals surface area contributed by atoms with E-state index < -0.39 is 27.0 Å². The van der Waals surface area contributed by atoms with Crippen molar-refractivity contribution in [3.8, 4) is 10.7 Å². The molecule has 1 aliphatic rings. The summed E-state index contributed by atoms with van der Waals surface area (Å²) >= 11 is 2.24. The molecule has 0 amide bonds. The first-order valence-corrected chi connectivity index (χ1v) is 13.1. The van der Waals surface area contributed by atoms with Crippen LogP contribution in [0.15, 0.2) is 17.2 Å². The van der Waals surface area contributed by atoms with Crippen LogP contribution in [0.4, 0.5) is 8.78 Å². The second-order valence-electron chi connectivity index (χ2n) is 8.20. The molecule has 0 unspecified atom stereocenters. The van der Waals surface area contributed by atoms with Crippen LogP contribution in [-0.2, 0) is 16.6 Å². The van der Waals surface area contributed by atoms with Crippen molar-refractivity contribution < 1.29 is 17.2 Å². The molecule has 0 aromatic carbocycles. The number of fused-ring (bicyclic) bond motifs is 1. The first-order chi connectivity index (χ1) is 15.5. The van der Waals surface area contributed by atoms with Crippen molar-refractivity contribution in [3.05, 3.63) is 32.8 Å². The van der Waals surface area contributed by atoms with Crippen LogP contribution in [0.3, 0.4) is 0 Å². The number of aromatic nitrogens is 6. The molecule has 1 N–H and O–H groups in total. The summed E-state index contributed by atoms with van der Waals surface area (Å²) in [5.74, 6) is 0. The number of pyridine rings is 1. The number of hydrogen-bond donors (Lipinski definition) is 1. The van der Waals surface area contributed by atoms with Gasteiger partial charge in [-0.05, 0) is 39.7 Å². The van der Waals surface area contributed by atoms with Gasteiger partial charge in [0.2, 0.25) is 10.0 Å². The maximum atomic E-state index is 13.1. The highest BCUT2D eigenvalue weighted by molar-refractivity contribution is 7.89. The van der Waals surface area contributed by atoms with Gasteiger partial charge in [0, 0.05) is 16.6 Å². The second-order valence-corrected chi connectivity index (χ2v) is 12.2. The van der Waals surface area contributed by atoms with Crippen LogP contribution in [-0.4, -0.2) is 43.9 Å². The van der Waals surface area contributed by atoms with Crippen molar-refractivity contribution in [2.24, 2.45) is 0 Å². The Morgan fingerprint density at radius 1 is 1.24 bits per heavy atom. The highest BCUT2D eigenvalue weighted by atomic mass is 32.2. The molecule has 9 nitrogen and oxygen atoms in total. The topological polar surface area (TPSA) is 116 Å². The number of thiazole rings is 1. The van der Waals surface area contributed by atoms with Crippen molar-refractivity contribution in [2.75, 3.05) is 0 Å². The minimum atomic E-state index is -3.82. The Labute approximate surface area is 196 Å². The quantitative estimate of drug-likeness (QED) is 0.401. The van der Waals surface area contributed by atoms with E-state index in [1.807, 2.05) is 20.8 Å². The molecular weight excluding hydrogens is 492 g/mol. The fraction of sp³-hybridized carbons (Fsp3) is 0.421. The zero-order valence-corrected chi connectivity index (χ0v) is 20.3. The van der Waals surface area contributed by atoms with Gasteiger partial charge in [0.1, 0.15) is 10.6 Å². The summed E-state index contributed by atoms with van der Waals surface area (Å²) < 4.78 is 56.3. The molecule has 5 rings (SSSR count). The van der Waals surface area contributed by atoms with E-state index in [-0.39, 0.29) is 15.6 Å². The molecule has 4 heterocycles. The van der Waals surface area contributed by atoms with Crippen LogP contribution in [0.25, 0.3) is 21.7 Å². The normalized spacial score (nSPS) is 15.6. The van der Waals surface area contributed by atoms with Crippen LogP contribution >= 0.6 is 22.7 Å². The summed E-state index contributed by atoms with van der Waals surface area (Å²) in [7, 11) is -3.82. The van der Waals surface area contributed by atoms with Crippen molar-refractivity contribution >= 4 is 43.7 Å². The van der Waals surface area contributed by atoms with Gasteiger partial charge in [-0.3, -0.25) is 0 Å². The lowest BCUT2D eigenvalue weighted by atomic mass is 10.3. The highest BCUT2D eigenvalue weighted by Crippen LogP contribution is 2.37. The lowest BCUT2D eigenvalue weighted by Crippen LogP contribution is -2.34. The number of aryl methyl sites for hydroxylation is 2. The van der Waals surface area contributed by atoms with Gasteiger partial charge < -0.3 is 0 Å². The SMILES string of the molecule is Cc1nc(C)c(Cn2nc(-c3nnc(C(F)F)s3)c3cc(S(=O)(=O)NC4(C)CC4)cnc32)s1. The van der Waals surface area contributed by atoms with Crippen molar-refractivity contribution in [1.82, 2.24) is 34.7 Å². The molecule has 0 atom stereocenters. The Morgan fingerprint density at radius 2 is 2.00 bits per heavy atom. The third-order valence-corrected chi connectivity index (χ3v) is 8.98. The van der Waals surface area contributed by atoms with Gasteiger partial charge in [0.15, 0.2) is 15.7 Å². The van der Waals surface area contributed by atoms with E-state index in [9.17, 15) is 17.2 Å². The minimum Gasteiger partial charge on any atom is -0.247 e. The minimum absolute atomic E-state index is 0.0210. The smallest absolute Gasteiger partial charge is 0.247 e. The molecule has 4 aromatic rings. The molecule has 1 fully saturated rings. The van der Waals surface area contributed by atoms with Gasteiger partial charge in [-0.1, -0.05) is 11.3 Å². The van der Waals surface area contributed by atoms with Gasteiger partial charge >= 0.3 is 0 Å². The predicted molar refractivity (Wildman–Crippen MR) is 120 cm³/mol. The molecule has 14 heteroatoms. The predicted octanol–water partition coefficient (Wildman–Crippen LogP) is 3.84. The van der Waals surface area contributed by atoms with Crippen molar-refractivity contribution in [3.63, 3.8) is 0 Å². The zero-order chi connectivity index (χ0) is 23.5. The fourth-order valence-corrected chi connectivity index (χ4v) is 6.46. The molecule has 1 saturated carbocycles. The lowest BCUT2D eigenvalue weighted by Gasteiger charge is -2.12. The van der Waals surface area contributed by atoms with Crippen LogP contribution < -0.4 is 4.72 Å². The van der Waals surface area contributed by atoms with Crippen LogP contribution in [0.2, 0.25) is 0 Å². The average molecular weight is 512 g/mol. The summed E-state index contributed by atoms with van der Waals surface area (Å²) in [6.45, 7) is 5.99. The molecule has 0 radical (unpaired) electrons. The Bertz CT molecular complexity index is 1470. The summed E-state index contributed by atoms with van der Waals surface area (Å²) in [5.41, 5.74) is 1.09. The number of alkyl halides is 2. The van der Waals surface area contributed by atoms with Gasteiger partial charge in [-0.25, -0.2) is 36.6 Å². The molecule has 0 spiro atoms. The largest absolute Gasteiger partial charge is 0.291 e. The highest BCUT2D eigenvalue weighted by Gasteiger charge is 2.41. The third kappa shape index (κ3) is 4.27. The molecule has 174 valence electrons. The number of sulfonamides is 1. The van der Waals surface area contributed by atoms with Crippen LogP contribution in [0.5, 0.6) is 0 Å². The van der Waals surface area contributed by atoms with Gasteiger partial charge in [0.25, 0.3) is 6.43 Å². The summed E-state index contributed by atoms with van der Waals surface area (Å²) in [5, 5.41) is 13.0. The molecule has 0 aliphatic heterocycles. The molecule has 1 aliphatic carbocycles. The van der Waals surface area contributed by atoms with Crippen LogP contribution in [0.1, 0.15) is 46.8 Å². The zero-order valence-electron chi connectivity index (χ0n) is 17.8. The van der Waals surface area contributed by atoms with Crippen molar-refractivity contribution in [2.45, 2.75) is 57.0 Å². The van der Waals surface area contributed by atoms with Gasteiger partial charge in [-0.15, -0.1) is 21.5 Å². The summed E-state index contributed by atoms with van der Waals surface area (Å²) in [6.07, 6.45) is 0.0538. The summed E-state index contributed by atoms with van der Waals surface area (Å²) in [4.78, 5) is 9.77. The molecule has 33 heavy (non-hydrogen) atoms. The number of nitrogens with one attached hydrogen (secondary N) is 1. The Morgan fingerprint density at radius 3 is 2.61 bits per heavy atom. The molecular formula is C19H19F2N7O2S3. The maximum Gasteiger partial charge on any atom is 0.291 e. The third-order valence-electron chi connectivity index (χ3n) is 5.38. The standard InChI is InChI=1S/C19H19F2N7O2S3/c1-9-13(31-10(2)23-9)8-28-16-12(14(26-28)17-24-25-18(32-17)15(20)21)6-11(7-22-16)33(29,30)27-19(3)4-5-19/h6-7,15,27H,4-5,8H2,1-3H3. The Balaban J connectivity index is 1.64. The maximum absolute atomic E-state index is 13.1. The summed E-state index contributed by atoms with van der Waals surface area (Å²) in [6, 6.07) is 1.46. The van der Waals surface area contributed by atoms with Crippen molar-refractivity contribution in [1.29, 1.82) is 0 Å². The van der Waals surface area contributed by atoms with E-state index in [0.29, 0.717) is 17.6 Å². The van der Waals surface area contributed by atoms with Gasteiger partial charge in [0.05, 0.1) is 22.6 Å². The van der Waals surface area contributed by atoms with E-state index in [0.717, 1.165) is 39.8 Å². The van der Waals surface area contributed by atoms with E-state index in [1.165, 1.54) is 23.6 Å². The van der Waals surface area contributed by atoms with E-state index in [1.54, 1.807) is 4.68 Å². The number of nitrogens with zero attached hydrogens (tertiary/aromatic N) is 6. The first kappa shape index (κ1) is 22.4. The molecule has 0 saturated heterocycles. The van der Waals surface area contributed by atoms with Gasteiger partial charge in [-0.2, -0.15) is 5.10 Å². The van der Waals surface area contributed by atoms with Crippen LogP contribution in [0, 0.1) is 13.8 Å². The van der Waals surface area contributed by atoms with E-state index in [4.69, 9.17) is 0 Å². The number of rotatable bonds is 7. The van der Waals surface area contributed by atoms with E-state index >= 15 is 0 Å². The molecule has 4 aromatic heterocycles. The lowest BCUT2D eigenvalue weighted by molar-refractivity contribution is 0.150. The fourth-order valence-electron chi connectivity index (χ4n) is 3.40. The Hall–Kier alpha value is -2.42. The monoisotopic (exact) mass is 511 g/mol. The Kier molecular flexibility index (Phi) is 5.30. The average Bonchev–Trinajstić information content (AvgIpc) is 3.10.